The molecule has 0 atom stereocenters. The van der Waals surface area contributed by atoms with Gasteiger partial charge >= 0.3 is 0 Å². The highest BCUT2D eigenvalue weighted by atomic mass is 32.1. The van der Waals surface area contributed by atoms with Gasteiger partial charge in [0.2, 0.25) is 5.91 Å². The van der Waals surface area contributed by atoms with E-state index in [1.807, 2.05) is 36.6 Å². The molecule has 0 saturated carbocycles. The van der Waals surface area contributed by atoms with E-state index in [2.05, 4.69) is 15.6 Å². The number of thiazole rings is 1. The molecule has 0 radical (unpaired) electrons. The number of aromatic nitrogens is 1. The SMILES string of the molecule is CCNc1nc(-c2cccc(NC(=O)Cc3ccc(F)cc3)c2)cs1. The number of anilines is 2. The lowest BCUT2D eigenvalue weighted by molar-refractivity contribution is -0.115. The highest BCUT2D eigenvalue weighted by Crippen LogP contribution is 2.26. The van der Waals surface area contributed by atoms with Gasteiger partial charge in [0.1, 0.15) is 5.82 Å². The minimum atomic E-state index is -0.308. The standard InChI is InChI=1S/C19H18FN3OS/c1-2-21-19-23-17(12-25-19)14-4-3-5-16(11-14)22-18(24)10-13-6-8-15(20)9-7-13/h3-9,11-12H,2,10H2,1H3,(H,21,23)(H,22,24). The number of nitrogens with zero attached hydrogens (tertiary/aromatic N) is 1. The van der Waals surface area contributed by atoms with Gasteiger partial charge < -0.3 is 10.6 Å². The Kier molecular flexibility index (Phi) is 5.40. The van der Waals surface area contributed by atoms with Gasteiger partial charge in [0.25, 0.3) is 0 Å². The van der Waals surface area contributed by atoms with Gasteiger partial charge in [0, 0.05) is 23.2 Å². The number of carbonyl (C=O) groups is 1. The normalized spacial score (nSPS) is 10.5. The molecule has 1 heterocycles. The Labute approximate surface area is 149 Å². The Bertz CT molecular complexity index is 861. The van der Waals surface area contributed by atoms with Crippen LogP contribution in [-0.2, 0) is 11.2 Å². The van der Waals surface area contributed by atoms with E-state index in [1.54, 1.807) is 23.5 Å². The molecule has 0 fully saturated rings. The lowest BCUT2D eigenvalue weighted by Gasteiger charge is -2.07. The highest BCUT2D eigenvalue weighted by Gasteiger charge is 2.08. The summed E-state index contributed by atoms with van der Waals surface area (Å²) in [4.78, 5) is 16.7. The van der Waals surface area contributed by atoms with Gasteiger partial charge in [-0.1, -0.05) is 24.3 Å². The Hall–Kier alpha value is -2.73. The summed E-state index contributed by atoms with van der Waals surface area (Å²) in [5, 5.41) is 8.92. The monoisotopic (exact) mass is 355 g/mol. The van der Waals surface area contributed by atoms with E-state index in [4.69, 9.17) is 0 Å². The molecule has 0 aliphatic carbocycles. The first-order chi connectivity index (χ1) is 12.1. The molecule has 1 aromatic heterocycles. The molecule has 0 aliphatic rings. The van der Waals surface area contributed by atoms with Crippen LogP contribution in [0.15, 0.2) is 53.9 Å². The number of carbonyl (C=O) groups excluding carboxylic acids is 1. The molecule has 0 aliphatic heterocycles. The average Bonchev–Trinajstić information content (AvgIpc) is 3.06. The van der Waals surface area contributed by atoms with Crippen molar-refractivity contribution in [2.45, 2.75) is 13.3 Å². The lowest BCUT2D eigenvalue weighted by atomic mass is 10.1. The third-order valence-corrected chi connectivity index (χ3v) is 4.35. The fraction of sp³-hybridized carbons (Fsp3) is 0.158. The molecule has 3 aromatic rings. The van der Waals surface area contributed by atoms with E-state index in [-0.39, 0.29) is 18.1 Å². The van der Waals surface area contributed by atoms with E-state index < -0.39 is 0 Å². The second-order valence-corrected chi connectivity index (χ2v) is 6.36. The maximum Gasteiger partial charge on any atom is 0.228 e. The predicted molar refractivity (Wildman–Crippen MR) is 100 cm³/mol. The number of benzene rings is 2. The number of hydrogen-bond acceptors (Lipinski definition) is 4. The second kappa shape index (κ2) is 7.90. The first kappa shape index (κ1) is 17.1. The Morgan fingerprint density at radius 3 is 2.76 bits per heavy atom. The Morgan fingerprint density at radius 1 is 1.20 bits per heavy atom. The van der Waals surface area contributed by atoms with Crippen LogP contribution >= 0.6 is 11.3 Å². The topological polar surface area (TPSA) is 54.0 Å². The van der Waals surface area contributed by atoms with Crippen LogP contribution in [-0.4, -0.2) is 17.4 Å². The molecule has 0 unspecified atom stereocenters. The lowest BCUT2D eigenvalue weighted by Crippen LogP contribution is -2.14. The van der Waals surface area contributed by atoms with E-state index in [1.165, 1.54) is 12.1 Å². The number of halogens is 1. The largest absolute Gasteiger partial charge is 0.362 e. The third-order valence-electron chi connectivity index (χ3n) is 3.55. The van der Waals surface area contributed by atoms with Crippen molar-refractivity contribution in [1.82, 2.24) is 4.98 Å². The summed E-state index contributed by atoms with van der Waals surface area (Å²) in [7, 11) is 0. The highest BCUT2D eigenvalue weighted by molar-refractivity contribution is 7.14. The molecule has 0 saturated heterocycles. The van der Waals surface area contributed by atoms with Gasteiger partial charge in [0.05, 0.1) is 12.1 Å². The van der Waals surface area contributed by atoms with Gasteiger partial charge in [-0.05, 0) is 36.8 Å². The van der Waals surface area contributed by atoms with Crippen LogP contribution < -0.4 is 10.6 Å². The van der Waals surface area contributed by atoms with Crippen molar-refractivity contribution in [3.8, 4) is 11.3 Å². The molecule has 3 rings (SSSR count). The molecule has 6 heteroatoms. The van der Waals surface area contributed by atoms with Crippen molar-refractivity contribution in [3.63, 3.8) is 0 Å². The molecule has 0 spiro atoms. The number of amides is 1. The van der Waals surface area contributed by atoms with Gasteiger partial charge in [0.15, 0.2) is 5.13 Å². The molecular formula is C19H18FN3OS. The first-order valence-electron chi connectivity index (χ1n) is 7.98. The van der Waals surface area contributed by atoms with Crippen LogP contribution in [0.4, 0.5) is 15.2 Å². The smallest absolute Gasteiger partial charge is 0.228 e. The van der Waals surface area contributed by atoms with Crippen molar-refractivity contribution in [1.29, 1.82) is 0 Å². The quantitative estimate of drug-likeness (QED) is 0.681. The zero-order chi connectivity index (χ0) is 17.6. The molecule has 4 nitrogen and oxygen atoms in total. The van der Waals surface area contributed by atoms with Crippen LogP contribution in [0.2, 0.25) is 0 Å². The predicted octanol–water partition coefficient (Wildman–Crippen LogP) is 4.56. The summed E-state index contributed by atoms with van der Waals surface area (Å²) in [5.74, 6) is -0.451. The van der Waals surface area contributed by atoms with Crippen molar-refractivity contribution in [2.75, 3.05) is 17.2 Å². The van der Waals surface area contributed by atoms with Crippen molar-refractivity contribution < 1.29 is 9.18 Å². The first-order valence-corrected chi connectivity index (χ1v) is 8.86. The van der Waals surface area contributed by atoms with Gasteiger partial charge in [-0.15, -0.1) is 11.3 Å². The summed E-state index contributed by atoms with van der Waals surface area (Å²) < 4.78 is 12.9. The van der Waals surface area contributed by atoms with Gasteiger partial charge in [-0.25, -0.2) is 9.37 Å². The molecule has 1 amide bonds. The summed E-state index contributed by atoms with van der Waals surface area (Å²) in [6, 6.07) is 13.5. The minimum Gasteiger partial charge on any atom is -0.362 e. The van der Waals surface area contributed by atoms with E-state index >= 15 is 0 Å². The molecule has 2 N–H and O–H groups in total. The van der Waals surface area contributed by atoms with Crippen molar-refractivity contribution in [2.24, 2.45) is 0 Å². The summed E-state index contributed by atoms with van der Waals surface area (Å²) >= 11 is 1.55. The maximum atomic E-state index is 12.9. The summed E-state index contributed by atoms with van der Waals surface area (Å²) in [6.07, 6.45) is 0.200. The van der Waals surface area contributed by atoms with Crippen LogP contribution in [0.1, 0.15) is 12.5 Å². The van der Waals surface area contributed by atoms with Crippen LogP contribution in [0, 0.1) is 5.82 Å². The van der Waals surface area contributed by atoms with Crippen LogP contribution in [0.3, 0.4) is 0 Å². The number of hydrogen-bond donors (Lipinski definition) is 2. The van der Waals surface area contributed by atoms with Crippen molar-refractivity contribution >= 4 is 28.1 Å². The molecule has 128 valence electrons. The summed E-state index contributed by atoms with van der Waals surface area (Å²) in [6.45, 7) is 2.85. The van der Waals surface area contributed by atoms with E-state index in [0.717, 1.165) is 28.5 Å². The summed E-state index contributed by atoms with van der Waals surface area (Å²) in [5.41, 5.74) is 3.29. The van der Waals surface area contributed by atoms with Gasteiger partial charge in [-0.3, -0.25) is 4.79 Å². The number of nitrogens with one attached hydrogen (secondary N) is 2. The maximum absolute atomic E-state index is 12.9. The third kappa shape index (κ3) is 4.64. The van der Waals surface area contributed by atoms with Gasteiger partial charge in [-0.2, -0.15) is 0 Å². The molecule has 2 aromatic carbocycles. The zero-order valence-electron chi connectivity index (χ0n) is 13.8. The molecule has 25 heavy (non-hydrogen) atoms. The Morgan fingerprint density at radius 2 is 2.00 bits per heavy atom. The van der Waals surface area contributed by atoms with Crippen LogP contribution in [0.25, 0.3) is 11.3 Å². The van der Waals surface area contributed by atoms with Crippen LogP contribution in [0.5, 0.6) is 0 Å². The fourth-order valence-electron chi connectivity index (χ4n) is 2.39. The fourth-order valence-corrected chi connectivity index (χ4v) is 3.18. The molecular weight excluding hydrogens is 337 g/mol. The average molecular weight is 355 g/mol. The minimum absolute atomic E-state index is 0.143. The number of rotatable bonds is 6. The zero-order valence-corrected chi connectivity index (χ0v) is 14.6. The van der Waals surface area contributed by atoms with E-state index in [9.17, 15) is 9.18 Å². The van der Waals surface area contributed by atoms with E-state index in [0.29, 0.717) is 5.69 Å². The second-order valence-electron chi connectivity index (χ2n) is 5.50. The Balaban J connectivity index is 1.68. The molecule has 0 bridgehead atoms. The van der Waals surface area contributed by atoms with Crippen molar-refractivity contribution in [3.05, 3.63) is 65.3 Å².